The summed E-state index contributed by atoms with van der Waals surface area (Å²) in [6.45, 7) is 19.9. The Hall–Kier alpha value is -2.29. The molecule has 245 valence electrons. The summed E-state index contributed by atoms with van der Waals surface area (Å²) in [6, 6.07) is 18.2. The van der Waals surface area contributed by atoms with Crippen LogP contribution in [0.1, 0.15) is 118 Å². The van der Waals surface area contributed by atoms with E-state index >= 15 is 0 Å². The predicted octanol–water partition coefficient (Wildman–Crippen LogP) is 11.2. The van der Waals surface area contributed by atoms with Crippen LogP contribution in [0.3, 0.4) is 0 Å². The van der Waals surface area contributed by atoms with E-state index < -0.39 is 11.8 Å². The molecule has 0 saturated heterocycles. The molecule has 0 atom stereocenters. The zero-order valence-corrected chi connectivity index (χ0v) is 32.8. The SMILES string of the molecule is CCC(CC)C(=O)/C=C(\O)C(CC)CC.[2H]C(C)(C)c1cccc(C([2H])(C)C)c1-c1cc2cc(-c3[c-]c(C)cc(C)c3)ncc2[se]1.[Ir]. The fraction of sp³-hybridized carbons (Fsp3) is 0.450. The van der Waals surface area contributed by atoms with Crippen LogP contribution in [0, 0.1) is 31.7 Å². The molecule has 0 spiro atoms. The van der Waals surface area contributed by atoms with Gasteiger partial charge in [0.25, 0.3) is 0 Å². The first-order valence-electron chi connectivity index (χ1n) is 17.0. The van der Waals surface area contributed by atoms with E-state index in [0.717, 1.165) is 59.2 Å². The van der Waals surface area contributed by atoms with Gasteiger partial charge in [-0.15, -0.1) is 0 Å². The number of aromatic nitrogens is 1. The van der Waals surface area contributed by atoms with Crippen molar-refractivity contribution in [3.8, 4) is 21.3 Å². The van der Waals surface area contributed by atoms with Crippen LogP contribution in [0.5, 0.6) is 0 Å². The molecule has 1 radical (unpaired) electrons. The second-order valence-corrected chi connectivity index (χ2v) is 14.5. The maximum absolute atomic E-state index is 11.7. The van der Waals surface area contributed by atoms with Crippen molar-refractivity contribution in [3.63, 3.8) is 0 Å². The number of aliphatic hydroxyl groups is 1. The van der Waals surface area contributed by atoms with Crippen molar-refractivity contribution in [1.82, 2.24) is 4.98 Å². The third-order valence-electron chi connectivity index (χ3n) is 8.30. The Kier molecular flexibility index (Phi) is 14.3. The van der Waals surface area contributed by atoms with Crippen molar-refractivity contribution in [2.45, 2.75) is 107 Å². The van der Waals surface area contributed by atoms with Gasteiger partial charge < -0.3 is 5.11 Å². The van der Waals surface area contributed by atoms with E-state index in [-0.39, 0.29) is 58.0 Å². The van der Waals surface area contributed by atoms with Crippen molar-refractivity contribution in [2.24, 2.45) is 11.8 Å². The number of aliphatic hydroxyl groups excluding tert-OH is 1. The second-order valence-electron chi connectivity index (χ2n) is 12.2. The quantitative estimate of drug-likeness (QED) is 0.0708. The third-order valence-corrected chi connectivity index (χ3v) is 10.6. The monoisotopic (exact) mass is 853 g/mol. The van der Waals surface area contributed by atoms with Gasteiger partial charge in [-0.25, -0.2) is 0 Å². The first kappa shape index (κ1) is 35.6. The number of rotatable bonds is 11. The van der Waals surface area contributed by atoms with E-state index in [1.807, 2.05) is 79.8 Å². The van der Waals surface area contributed by atoms with Crippen molar-refractivity contribution in [2.75, 3.05) is 0 Å². The number of carbonyl (C=O) groups is 1. The minimum atomic E-state index is -0.736. The minimum absolute atomic E-state index is 0. The van der Waals surface area contributed by atoms with Gasteiger partial charge in [-0.1, -0.05) is 27.7 Å². The molecule has 1 N–H and O–H groups in total. The number of hydrogen-bond acceptors (Lipinski definition) is 3. The number of ketones is 1. The smallest absolute Gasteiger partial charge is 0 e. The Morgan fingerprint density at radius 1 is 0.933 bits per heavy atom. The zero-order chi connectivity index (χ0) is 34.4. The normalized spacial score (nSPS) is 12.8. The number of fused-ring (bicyclic) bond motifs is 1. The Balaban J connectivity index is 0.000000410. The van der Waals surface area contributed by atoms with Crippen molar-refractivity contribution in [3.05, 3.63) is 88.8 Å². The molecule has 0 aliphatic carbocycles. The molecule has 2 heterocycles. The largest absolute Gasteiger partial charge is 0 e. The van der Waals surface area contributed by atoms with E-state index in [0.29, 0.717) is 0 Å². The number of nitrogens with zero attached hydrogens (tertiary/aromatic N) is 1. The maximum atomic E-state index is 11.7. The average molecular weight is 852 g/mol. The first-order valence-corrected chi connectivity index (χ1v) is 17.7. The summed E-state index contributed by atoms with van der Waals surface area (Å²) in [4.78, 5) is 16.5. The van der Waals surface area contributed by atoms with Gasteiger partial charge in [0.15, 0.2) is 5.78 Å². The number of carbonyl (C=O) groups excluding carboxylic acids is 1. The molecular formula is C40H52IrNO2Se-. The zero-order valence-electron chi connectivity index (χ0n) is 30.7. The van der Waals surface area contributed by atoms with Gasteiger partial charge in [0, 0.05) is 38.0 Å². The van der Waals surface area contributed by atoms with Crippen LogP contribution in [0.2, 0.25) is 0 Å². The number of aryl methyl sites for hydroxylation is 2. The molecule has 0 unspecified atom stereocenters. The molecule has 0 aliphatic heterocycles. The second kappa shape index (κ2) is 18.2. The Bertz CT molecular complexity index is 1620. The van der Waals surface area contributed by atoms with Gasteiger partial charge in [0.2, 0.25) is 0 Å². The third kappa shape index (κ3) is 10.1. The average Bonchev–Trinajstić information content (AvgIpc) is 3.40. The van der Waals surface area contributed by atoms with Crippen LogP contribution in [-0.2, 0) is 24.9 Å². The summed E-state index contributed by atoms with van der Waals surface area (Å²) in [5, 5.41) is 11.0. The molecule has 0 amide bonds. The van der Waals surface area contributed by atoms with Gasteiger partial charge in [-0.3, -0.25) is 4.79 Å². The van der Waals surface area contributed by atoms with Crippen LogP contribution < -0.4 is 0 Å². The first-order chi connectivity index (χ1) is 21.5. The number of hydrogen-bond donors (Lipinski definition) is 1. The van der Waals surface area contributed by atoms with E-state index in [2.05, 4.69) is 44.2 Å². The van der Waals surface area contributed by atoms with Gasteiger partial charge in [-0.05, 0) is 25.7 Å². The predicted molar refractivity (Wildman–Crippen MR) is 190 cm³/mol. The van der Waals surface area contributed by atoms with Crippen LogP contribution in [-0.4, -0.2) is 30.4 Å². The molecule has 0 aliphatic rings. The van der Waals surface area contributed by atoms with Crippen molar-refractivity contribution in [1.29, 1.82) is 0 Å². The van der Waals surface area contributed by atoms with Crippen LogP contribution in [0.25, 0.3) is 30.9 Å². The van der Waals surface area contributed by atoms with Crippen LogP contribution >= 0.6 is 0 Å². The van der Waals surface area contributed by atoms with Crippen molar-refractivity contribution < 1.29 is 32.7 Å². The summed E-state index contributed by atoms with van der Waals surface area (Å²) in [6.07, 6.45) is 6.91. The number of benzene rings is 2. The molecule has 0 fully saturated rings. The molecule has 3 nitrogen and oxygen atoms in total. The molecule has 4 aromatic rings. The molecular weight excluding hydrogens is 798 g/mol. The topological polar surface area (TPSA) is 50.2 Å². The van der Waals surface area contributed by atoms with E-state index in [9.17, 15) is 9.90 Å². The molecule has 45 heavy (non-hydrogen) atoms. The molecule has 4 rings (SSSR count). The molecule has 0 bridgehead atoms. The maximum Gasteiger partial charge on any atom is 0 e. The number of pyridine rings is 1. The summed E-state index contributed by atoms with van der Waals surface area (Å²) < 4.78 is 19.9. The number of allylic oxidation sites excluding steroid dienone is 2. The fourth-order valence-electron chi connectivity index (χ4n) is 5.68. The molecule has 0 saturated carbocycles. The summed E-state index contributed by atoms with van der Waals surface area (Å²) in [5.41, 5.74) is 7.35. The van der Waals surface area contributed by atoms with Gasteiger partial charge in [-0.2, -0.15) is 0 Å². The molecule has 2 aromatic carbocycles. The minimum Gasteiger partial charge on any atom is 0 e. The van der Waals surface area contributed by atoms with Crippen LogP contribution in [0.4, 0.5) is 0 Å². The van der Waals surface area contributed by atoms with E-state index in [1.54, 1.807) is 0 Å². The summed E-state index contributed by atoms with van der Waals surface area (Å²) in [7, 11) is 0. The van der Waals surface area contributed by atoms with Crippen LogP contribution in [0.15, 0.2) is 60.5 Å². The Labute approximate surface area is 294 Å². The van der Waals surface area contributed by atoms with Gasteiger partial charge in [0.05, 0.1) is 5.76 Å². The molecule has 2 aromatic heterocycles. The Morgan fingerprint density at radius 2 is 1.51 bits per heavy atom. The molecule has 5 heteroatoms. The standard InChI is InChI=1S/C27H28NSe.C13H24O2.Ir/c1-16(2)22-8-7-9-23(17(3)4)27(22)25-14-21-13-24(28-15-26(21)29-25)20-11-18(5)10-19(6)12-20;1-5-10(6-2)12(14)9-13(15)11(7-3)8-4;/h7-11,13-17H,1-6H3;9-11,14H,5-8H2,1-4H3;/q-1;;/b;12-9-;/i16D,17D;;. The van der Waals surface area contributed by atoms with E-state index in [4.69, 9.17) is 7.73 Å². The Morgan fingerprint density at radius 3 is 2.02 bits per heavy atom. The van der Waals surface area contributed by atoms with Gasteiger partial charge in [0.1, 0.15) is 0 Å². The van der Waals surface area contributed by atoms with Crippen molar-refractivity contribution >= 4 is 29.9 Å². The summed E-state index contributed by atoms with van der Waals surface area (Å²) in [5.74, 6) is -0.925. The summed E-state index contributed by atoms with van der Waals surface area (Å²) >= 11 is 0.0917. The fourth-order valence-corrected chi connectivity index (χ4v) is 7.96. The van der Waals surface area contributed by atoms with E-state index in [1.165, 1.54) is 25.7 Å². The van der Waals surface area contributed by atoms with Gasteiger partial charge >= 0.3 is 183 Å².